The zero-order valence-corrected chi connectivity index (χ0v) is 20.9. The smallest absolute Gasteiger partial charge is 0.330 e. The van der Waals surface area contributed by atoms with Crippen LogP contribution in [-0.2, 0) is 17.9 Å². The number of rotatable bonds is 10. The lowest BCUT2D eigenvalue weighted by Crippen LogP contribution is -2.45. The summed E-state index contributed by atoms with van der Waals surface area (Å²) in [6.07, 6.45) is 0. The lowest BCUT2D eigenvalue weighted by Gasteiger charge is -2.31. The van der Waals surface area contributed by atoms with Crippen LogP contribution in [-0.4, -0.2) is 28.5 Å². The van der Waals surface area contributed by atoms with Crippen molar-refractivity contribution in [3.8, 4) is 0 Å². The van der Waals surface area contributed by atoms with Crippen molar-refractivity contribution in [1.29, 1.82) is 0 Å². The molecule has 0 aliphatic heterocycles. The summed E-state index contributed by atoms with van der Waals surface area (Å²) in [4.78, 5) is 44.9. The van der Waals surface area contributed by atoms with Gasteiger partial charge in [0.15, 0.2) is 0 Å². The molecule has 35 heavy (non-hydrogen) atoms. The maximum absolute atomic E-state index is 13.7. The summed E-state index contributed by atoms with van der Waals surface area (Å²) in [5.41, 5.74) is 7.14. The maximum Gasteiger partial charge on any atom is 0.330 e. The van der Waals surface area contributed by atoms with Crippen LogP contribution >= 0.6 is 0 Å². The van der Waals surface area contributed by atoms with Gasteiger partial charge in [0.1, 0.15) is 11.5 Å². The Morgan fingerprint density at radius 3 is 2.11 bits per heavy atom. The van der Waals surface area contributed by atoms with Crippen molar-refractivity contribution in [3.05, 3.63) is 87.1 Å². The van der Waals surface area contributed by atoms with E-state index in [1.807, 2.05) is 88.4 Å². The predicted molar refractivity (Wildman–Crippen MR) is 142 cm³/mol. The zero-order valence-electron chi connectivity index (χ0n) is 20.9. The number of hydrogen-bond acceptors (Lipinski definition) is 5. The van der Waals surface area contributed by atoms with Crippen molar-refractivity contribution in [2.75, 3.05) is 28.6 Å². The molecule has 3 N–H and O–H groups in total. The number of nitrogens with two attached hydrogens (primary N) is 1. The summed E-state index contributed by atoms with van der Waals surface area (Å²) in [5, 5.41) is 0. The highest BCUT2D eigenvalue weighted by atomic mass is 16.2. The summed E-state index contributed by atoms with van der Waals surface area (Å²) in [6.45, 7) is 9.05. The summed E-state index contributed by atoms with van der Waals surface area (Å²) in [5.74, 6) is 0.191. The van der Waals surface area contributed by atoms with E-state index in [4.69, 9.17) is 5.73 Å². The van der Waals surface area contributed by atoms with E-state index < -0.39 is 11.2 Å². The van der Waals surface area contributed by atoms with Gasteiger partial charge in [0.05, 0.1) is 13.1 Å². The fourth-order valence-electron chi connectivity index (χ4n) is 4.05. The molecule has 0 saturated carbocycles. The molecule has 3 rings (SSSR count). The molecule has 1 amide bonds. The van der Waals surface area contributed by atoms with Gasteiger partial charge in [-0.3, -0.25) is 19.1 Å². The van der Waals surface area contributed by atoms with Crippen molar-refractivity contribution in [3.63, 3.8) is 0 Å². The molecule has 3 aromatic rings. The fourth-order valence-corrected chi connectivity index (χ4v) is 4.05. The molecule has 0 aliphatic carbocycles. The third kappa shape index (κ3) is 6.62. The number of para-hydroxylation sites is 1. The van der Waals surface area contributed by atoms with Gasteiger partial charge in [0.25, 0.3) is 5.56 Å². The Kier molecular flexibility index (Phi) is 8.52. The molecule has 8 heteroatoms. The van der Waals surface area contributed by atoms with Crippen LogP contribution in [0.5, 0.6) is 0 Å². The summed E-state index contributed by atoms with van der Waals surface area (Å²) in [6, 6.07) is 19.2. The number of carbonyl (C=O) groups is 1. The van der Waals surface area contributed by atoms with E-state index in [2.05, 4.69) is 4.98 Å². The minimum atomic E-state index is -0.588. The van der Waals surface area contributed by atoms with E-state index >= 15 is 0 Å². The molecule has 0 radical (unpaired) electrons. The van der Waals surface area contributed by atoms with E-state index in [0.717, 1.165) is 11.3 Å². The Morgan fingerprint density at radius 1 is 0.943 bits per heavy atom. The summed E-state index contributed by atoms with van der Waals surface area (Å²) >= 11 is 0. The molecule has 0 saturated heterocycles. The van der Waals surface area contributed by atoms with Crippen LogP contribution in [0.1, 0.15) is 33.3 Å². The number of H-pyrrole nitrogens is 1. The molecule has 2 aromatic carbocycles. The number of amides is 1. The van der Waals surface area contributed by atoms with Gasteiger partial charge in [0, 0.05) is 18.8 Å². The molecule has 1 heterocycles. The van der Waals surface area contributed by atoms with Gasteiger partial charge in [0.2, 0.25) is 5.91 Å². The summed E-state index contributed by atoms with van der Waals surface area (Å²) < 4.78 is 1.37. The first-order chi connectivity index (χ1) is 16.7. The molecule has 0 bridgehead atoms. The number of nitrogens with one attached hydrogen (secondary N) is 1. The van der Waals surface area contributed by atoms with Crippen LogP contribution in [0, 0.1) is 11.8 Å². The van der Waals surface area contributed by atoms with E-state index in [1.165, 1.54) is 4.57 Å². The van der Waals surface area contributed by atoms with E-state index in [1.54, 1.807) is 9.80 Å². The largest absolute Gasteiger partial charge is 0.383 e. The standard InChI is InChI=1S/C27H35N5O3/c1-19(2)15-30(24-25(28)32(16-20(3)4)27(35)29-26(24)34)18-23(33)31(22-13-9-6-10-14-22)17-21-11-7-5-8-12-21/h5-14,19-20H,15-18,28H2,1-4H3,(H,29,34,35). The van der Waals surface area contributed by atoms with Crippen molar-refractivity contribution in [2.45, 2.75) is 40.8 Å². The first kappa shape index (κ1) is 25.8. The number of aromatic amines is 1. The van der Waals surface area contributed by atoms with Crippen LogP contribution in [0.4, 0.5) is 17.2 Å². The molecule has 0 atom stereocenters. The number of benzene rings is 2. The van der Waals surface area contributed by atoms with Crippen molar-refractivity contribution < 1.29 is 4.79 Å². The molecule has 8 nitrogen and oxygen atoms in total. The minimum absolute atomic E-state index is 0.0624. The molecule has 186 valence electrons. The highest BCUT2D eigenvalue weighted by Crippen LogP contribution is 2.22. The molecular weight excluding hydrogens is 442 g/mol. The van der Waals surface area contributed by atoms with Gasteiger partial charge in [-0.1, -0.05) is 76.2 Å². The quantitative estimate of drug-likeness (QED) is 0.465. The van der Waals surface area contributed by atoms with E-state index in [-0.39, 0.29) is 35.8 Å². The Balaban J connectivity index is 2.01. The van der Waals surface area contributed by atoms with Crippen molar-refractivity contribution in [1.82, 2.24) is 9.55 Å². The lowest BCUT2D eigenvalue weighted by atomic mass is 10.1. The first-order valence-corrected chi connectivity index (χ1v) is 11.9. The molecule has 0 unspecified atom stereocenters. The van der Waals surface area contributed by atoms with Crippen molar-refractivity contribution in [2.24, 2.45) is 11.8 Å². The number of hydrogen-bond donors (Lipinski definition) is 2. The molecule has 1 aromatic heterocycles. The zero-order chi connectivity index (χ0) is 25.5. The average molecular weight is 478 g/mol. The van der Waals surface area contributed by atoms with Crippen molar-refractivity contribution >= 4 is 23.1 Å². The van der Waals surface area contributed by atoms with Gasteiger partial charge in [-0.25, -0.2) is 4.79 Å². The number of carbonyl (C=O) groups excluding carboxylic acids is 1. The van der Waals surface area contributed by atoms with Gasteiger partial charge >= 0.3 is 5.69 Å². The Labute approximate surface area is 206 Å². The Morgan fingerprint density at radius 2 is 1.54 bits per heavy atom. The number of aromatic nitrogens is 2. The topological polar surface area (TPSA) is 104 Å². The second-order valence-corrected chi connectivity index (χ2v) is 9.57. The van der Waals surface area contributed by atoms with Crippen LogP contribution < -0.4 is 26.8 Å². The second kappa shape index (κ2) is 11.6. The first-order valence-electron chi connectivity index (χ1n) is 11.9. The summed E-state index contributed by atoms with van der Waals surface area (Å²) in [7, 11) is 0. The highest BCUT2D eigenvalue weighted by Gasteiger charge is 2.25. The third-order valence-corrected chi connectivity index (χ3v) is 5.54. The Bertz CT molecular complexity index is 1230. The Hall–Kier alpha value is -3.81. The number of nitrogens with zero attached hydrogens (tertiary/aromatic N) is 3. The number of anilines is 3. The maximum atomic E-state index is 13.7. The van der Waals surface area contributed by atoms with Crippen LogP contribution in [0.2, 0.25) is 0 Å². The molecule has 0 spiro atoms. The minimum Gasteiger partial charge on any atom is -0.383 e. The molecule has 0 aliphatic rings. The fraction of sp³-hybridized carbons (Fsp3) is 0.370. The molecular formula is C27H35N5O3. The number of nitrogen functional groups attached to an aromatic ring is 1. The van der Waals surface area contributed by atoms with Gasteiger partial charge in [-0.15, -0.1) is 0 Å². The SMILES string of the molecule is CC(C)CN(CC(=O)N(Cc1ccccc1)c1ccccc1)c1c(N)n(CC(C)C)c(=O)[nH]c1=O. The normalized spacial score (nSPS) is 11.1. The monoisotopic (exact) mass is 477 g/mol. The van der Waals surface area contributed by atoms with Gasteiger partial charge < -0.3 is 15.5 Å². The molecule has 0 fully saturated rings. The second-order valence-electron chi connectivity index (χ2n) is 9.57. The van der Waals surface area contributed by atoms with E-state index in [0.29, 0.717) is 19.6 Å². The highest BCUT2D eigenvalue weighted by molar-refractivity contribution is 5.96. The predicted octanol–water partition coefficient (Wildman–Crippen LogP) is 3.47. The van der Waals surface area contributed by atoms with Gasteiger partial charge in [-0.2, -0.15) is 0 Å². The average Bonchev–Trinajstić information content (AvgIpc) is 2.80. The lowest BCUT2D eigenvalue weighted by molar-refractivity contribution is -0.117. The van der Waals surface area contributed by atoms with Crippen LogP contribution in [0.15, 0.2) is 70.3 Å². The van der Waals surface area contributed by atoms with Gasteiger partial charge in [-0.05, 0) is 29.5 Å². The third-order valence-electron chi connectivity index (χ3n) is 5.54. The van der Waals surface area contributed by atoms with E-state index in [9.17, 15) is 14.4 Å². The van der Waals surface area contributed by atoms with Crippen LogP contribution in [0.3, 0.4) is 0 Å². The van der Waals surface area contributed by atoms with Crippen LogP contribution in [0.25, 0.3) is 0 Å².